The minimum atomic E-state index is -0.433. The summed E-state index contributed by atoms with van der Waals surface area (Å²) in [4.78, 5) is 22.1. The van der Waals surface area contributed by atoms with Crippen LogP contribution in [0.5, 0.6) is 0 Å². The number of aryl methyl sites for hydroxylation is 2. The Labute approximate surface area is 103 Å². The van der Waals surface area contributed by atoms with Gasteiger partial charge in [-0.2, -0.15) is 0 Å². The predicted octanol–water partition coefficient (Wildman–Crippen LogP) is 2.36. The van der Waals surface area contributed by atoms with Crippen LogP contribution in [-0.2, 0) is 0 Å². The first-order valence-corrected chi connectivity index (χ1v) is 5.44. The largest absolute Gasteiger partial charge is 0.284 e. The van der Waals surface area contributed by atoms with Crippen LogP contribution in [0.2, 0.25) is 0 Å². The van der Waals surface area contributed by atoms with Crippen molar-refractivity contribution in [1.82, 2.24) is 4.57 Å². The molecule has 0 aliphatic rings. The van der Waals surface area contributed by atoms with E-state index in [-0.39, 0.29) is 11.2 Å². The summed E-state index contributed by atoms with van der Waals surface area (Å²) in [6, 6.07) is 7.82. The average Bonchev–Trinajstić information content (AvgIpc) is 2.30. The molecule has 1 aromatic carbocycles. The topological polar surface area (TPSA) is 65.1 Å². The summed E-state index contributed by atoms with van der Waals surface area (Å²) in [6.07, 6.45) is 1.66. The standard InChI is InChI=1S/C13H12N2O3/c1-9-7-11(15(17)18)8-10(2)13(9)14-6-4-3-5-12(14)16/h3-8H,1-2H3. The van der Waals surface area contributed by atoms with Crippen molar-refractivity contribution in [2.24, 2.45) is 0 Å². The molecule has 1 aromatic heterocycles. The molecule has 0 saturated heterocycles. The summed E-state index contributed by atoms with van der Waals surface area (Å²) in [5, 5.41) is 10.8. The number of benzene rings is 1. The van der Waals surface area contributed by atoms with Gasteiger partial charge in [0.1, 0.15) is 0 Å². The second kappa shape index (κ2) is 4.44. The van der Waals surface area contributed by atoms with Crippen molar-refractivity contribution >= 4 is 5.69 Å². The van der Waals surface area contributed by atoms with E-state index in [2.05, 4.69) is 0 Å². The number of hydrogen-bond donors (Lipinski definition) is 0. The lowest BCUT2D eigenvalue weighted by atomic mass is 10.1. The van der Waals surface area contributed by atoms with E-state index in [1.165, 1.54) is 22.8 Å². The smallest absolute Gasteiger partial charge is 0.270 e. The maximum absolute atomic E-state index is 11.8. The van der Waals surface area contributed by atoms with Gasteiger partial charge < -0.3 is 0 Å². The monoisotopic (exact) mass is 244 g/mol. The Morgan fingerprint density at radius 2 is 1.78 bits per heavy atom. The van der Waals surface area contributed by atoms with Crippen LogP contribution in [0.25, 0.3) is 5.69 Å². The molecular formula is C13H12N2O3. The van der Waals surface area contributed by atoms with Gasteiger partial charge in [0.2, 0.25) is 0 Å². The lowest BCUT2D eigenvalue weighted by molar-refractivity contribution is -0.384. The molecule has 5 nitrogen and oxygen atoms in total. The quantitative estimate of drug-likeness (QED) is 0.601. The van der Waals surface area contributed by atoms with E-state index in [1.807, 2.05) is 0 Å². The number of pyridine rings is 1. The van der Waals surface area contributed by atoms with Gasteiger partial charge in [-0.05, 0) is 31.0 Å². The van der Waals surface area contributed by atoms with Gasteiger partial charge in [0.15, 0.2) is 0 Å². The van der Waals surface area contributed by atoms with Crippen LogP contribution < -0.4 is 5.56 Å². The molecule has 5 heteroatoms. The third-order valence-electron chi connectivity index (χ3n) is 2.75. The minimum Gasteiger partial charge on any atom is -0.284 e. The summed E-state index contributed by atoms with van der Waals surface area (Å²) in [5.74, 6) is 0. The molecule has 0 amide bonds. The van der Waals surface area contributed by atoms with Crippen molar-refractivity contribution in [3.05, 3.63) is 68.1 Å². The van der Waals surface area contributed by atoms with E-state index in [4.69, 9.17) is 0 Å². The first-order valence-electron chi connectivity index (χ1n) is 5.44. The Hall–Kier alpha value is -2.43. The fourth-order valence-corrected chi connectivity index (χ4v) is 2.03. The van der Waals surface area contributed by atoms with E-state index in [0.29, 0.717) is 16.8 Å². The summed E-state index contributed by atoms with van der Waals surface area (Å²) in [6.45, 7) is 3.52. The van der Waals surface area contributed by atoms with Crippen LogP contribution in [-0.4, -0.2) is 9.49 Å². The molecule has 0 atom stereocenters. The summed E-state index contributed by atoms with van der Waals surface area (Å²) in [7, 11) is 0. The Balaban J connectivity index is 2.71. The Morgan fingerprint density at radius 1 is 1.17 bits per heavy atom. The van der Waals surface area contributed by atoms with E-state index in [0.717, 1.165) is 0 Å². The van der Waals surface area contributed by atoms with Gasteiger partial charge in [-0.25, -0.2) is 0 Å². The summed E-state index contributed by atoms with van der Waals surface area (Å²) in [5.41, 5.74) is 1.99. The number of nitrogens with zero attached hydrogens (tertiary/aromatic N) is 2. The van der Waals surface area contributed by atoms with Crippen molar-refractivity contribution in [2.75, 3.05) is 0 Å². The fraction of sp³-hybridized carbons (Fsp3) is 0.154. The van der Waals surface area contributed by atoms with Crippen molar-refractivity contribution in [3.8, 4) is 5.69 Å². The molecule has 0 aliphatic carbocycles. The zero-order chi connectivity index (χ0) is 13.3. The van der Waals surface area contributed by atoms with Crippen LogP contribution in [0, 0.1) is 24.0 Å². The number of hydrogen-bond acceptors (Lipinski definition) is 3. The second-order valence-electron chi connectivity index (χ2n) is 4.09. The minimum absolute atomic E-state index is 0.0396. The Kier molecular flexibility index (Phi) is 2.97. The van der Waals surface area contributed by atoms with Crippen LogP contribution in [0.1, 0.15) is 11.1 Å². The van der Waals surface area contributed by atoms with Crippen molar-refractivity contribution in [3.63, 3.8) is 0 Å². The van der Waals surface area contributed by atoms with Gasteiger partial charge in [0, 0.05) is 24.4 Å². The van der Waals surface area contributed by atoms with Gasteiger partial charge in [-0.3, -0.25) is 19.5 Å². The maximum atomic E-state index is 11.8. The first kappa shape index (κ1) is 12.0. The molecular weight excluding hydrogens is 232 g/mol. The number of nitro benzene ring substituents is 1. The van der Waals surface area contributed by atoms with Gasteiger partial charge in [-0.1, -0.05) is 6.07 Å². The van der Waals surface area contributed by atoms with Crippen molar-refractivity contribution < 1.29 is 4.92 Å². The summed E-state index contributed by atoms with van der Waals surface area (Å²) < 4.78 is 1.49. The average molecular weight is 244 g/mol. The highest BCUT2D eigenvalue weighted by atomic mass is 16.6. The van der Waals surface area contributed by atoms with E-state index in [9.17, 15) is 14.9 Å². The molecule has 18 heavy (non-hydrogen) atoms. The number of aromatic nitrogens is 1. The zero-order valence-electron chi connectivity index (χ0n) is 10.1. The SMILES string of the molecule is Cc1cc([N+](=O)[O-])cc(C)c1-n1ccccc1=O. The molecule has 0 N–H and O–H groups in total. The molecule has 2 aromatic rings. The highest BCUT2D eigenvalue weighted by Gasteiger charge is 2.13. The molecule has 0 bridgehead atoms. The highest BCUT2D eigenvalue weighted by Crippen LogP contribution is 2.23. The van der Waals surface area contributed by atoms with Crippen molar-refractivity contribution in [1.29, 1.82) is 0 Å². The lowest BCUT2D eigenvalue weighted by Crippen LogP contribution is -2.17. The number of nitro groups is 1. The van der Waals surface area contributed by atoms with Gasteiger partial charge in [0.05, 0.1) is 10.6 Å². The van der Waals surface area contributed by atoms with Crippen molar-refractivity contribution in [2.45, 2.75) is 13.8 Å². The first-order chi connectivity index (χ1) is 8.50. The molecule has 0 spiro atoms. The van der Waals surface area contributed by atoms with E-state index >= 15 is 0 Å². The molecule has 92 valence electrons. The van der Waals surface area contributed by atoms with Crippen LogP contribution >= 0.6 is 0 Å². The zero-order valence-corrected chi connectivity index (χ0v) is 10.1. The van der Waals surface area contributed by atoms with Crippen LogP contribution in [0.4, 0.5) is 5.69 Å². The Morgan fingerprint density at radius 3 is 2.28 bits per heavy atom. The molecule has 0 unspecified atom stereocenters. The van der Waals surface area contributed by atoms with E-state index < -0.39 is 4.92 Å². The molecule has 0 saturated carbocycles. The number of non-ortho nitro benzene ring substituents is 1. The Bertz CT molecular complexity index is 651. The van der Waals surface area contributed by atoms with Gasteiger partial charge >= 0.3 is 0 Å². The second-order valence-corrected chi connectivity index (χ2v) is 4.09. The summed E-state index contributed by atoms with van der Waals surface area (Å²) >= 11 is 0. The van der Waals surface area contributed by atoms with Crippen LogP contribution in [0.15, 0.2) is 41.3 Å². The predicted molar refractivity (Wildman–Crippen MR) is 68.2 cm³/mol. The normalized spacial score (nSPS) is 10.3. The molecule has 1 heterocycles. The maximum Gasteiger partial charge on any atom is 0.270 e. The molecule has 0 aliphatic heterocycles. The molecule has 2 rings (SSSR count). The highest BCUT2D eigenvalue weighted by molar-refractivity contribution is 5.53. The third-order valence-corrected chi connectivity index (χ3v) is 2.75. The van der Waals surface area contributed by atoms with E-state index in [1.54, 1.807) is 32.2 Å². The van der Waals surface area contributed by atoms with Gasteiger partial charge in [-0.15, -0.1) is 0 Å². The fourth-order valence-electron chi connectivity index (χ4n) is 2.03. The number of rotatable bonds is 2. The van der Waals surface area contributed by atoms with Gasteiger partial charge in [0.25, 0.3) is 11.2 Å². The third kappa shape index (κ3) is 2.02. The van der Waals surface area contributed by atoms with Crippen LogP contribution in [0.3, 0.4) is 0 Å². The molecule has 0 fully saturated rings. The lowest BCUT2D eigenvalue weighted by Gasteiger charge is -2.11. The molecule has 0 radical (unpaired) electrons.